The molecule has 78 valence electrons. The van der Waals surface area contributed by atoms with Crippen molar-refractivity contribution in [3.05, 3.63) is 33.4 Å². The van der Waals surface area contributed by atoms with Crippen molar-refractivity contribution in [1.82, 2.24) is 10.3 Å². The third-order valence-corrected chi connectivity index (χ3v) is 3.38. The van der Waals surface area contributed by atoms with Crippen LogP contribution in [-0.2, 0) is 13.0 Å². The van der Waals surface area contributed by atoms with Crippen LogP contribution in [0, 0.1) is 0 Å². The molecule has 1 aliphatic rings. The molecular weight excluding hydrogens is 231 g/mol. The summed E-state index contributed by atoms with van der Waals surface area (Å²) in [5.74, 6) is 0. The Morgan fingerprint density at radius 1 is 1.20 bits per heavy atom. The molecule has 3 rings (SSSR count). The monoisotopic (exact) mass is 240 g/mol. The van der Waals surface area contributed by atoms with E-state index in [0.717, 1.165) is 35.4 Å². The van der Waals surface area contributed by atoms with Crippen LogP contribution in [0.4, 0.5) is 0 Å². The summed E-state index contributed by atoms with van der Waals surface area (Å²) in [7, 11) is 0. The van der Waals surface area contributed by atoms with Crippen molar-refractivity contribution in [2.45, 2.75) is 13.0 Å². The zero-order valence-electron chi connectivity index (χ0n) is 8.03. The van der Waals surface area contributed by atoms with Gasteiger partial charge in [-0.1, -0.05) is 23.2 Å². The van der Waals surface area contributed by atoms with E-state index in [-0.39, 0.29) is 0 Å². The van der Waals surface area contributed by atoms with Crippen molar-refractivity contribution in [3.8, 4) is 0 Å². The van der Waals surface area contributed by atoms with Crippen LogP contribution in [0.3, 0.4) is 0 Å². The van der Waals surface area contributed by atoms with E-state index in [0.29, 0.717) is 5.02 Å². The van der Waals surface area contributed by atoms with Crippen LogP contribution in [0.2, 0.25) is 10.0 Å². The van der Waals surface area contributed by atoms with E-state index in [9.17, 15) is 0 Å². The predicted molar refractivity (Wildman–Crippen MR) is 63.7 cm³/mol. The number of halogens is 2. The van der Waals surface area contributed by atoms with Crippen molar-refractivity contribution in [2.24, 2.45) is 0 Å². The minimum Gasteiger partial charge on any atom is -0.358 e. The minimum absolute atomic E-state index is 0.680. The number of aromatic amines is 1. The van der Waals surface area contributed by atoms with Crippen LogP contribution in [-0.4, -0.2) is 11.5 Å². The predicted octanol–water partition coefficient (Wildman–Crippen LogP) is 3.12. The smallest absolute Gasteiger partial charge is 0.0518 e. The number of aromatic nitrogens is 1. The van der Waals surface area contributed by atoms with E-state index in [1.54, 1.807) is 6.07 Å². The lowest BCUT2D eigenvalue weighted by Gasteiger charge is -2.12. The van der Waals surface area contributed by atoms with Crippen molar-refractivity contribution in [1.29, 1.82) is 0 Å². The summed E-state index contributed by atoms with van der Waals surface area (Å²) in [4.78, 5) is 3.39. The molecule has 1 aliphatic heterocycles. The second-order valence-corrected chi connectivity index (χ2v) is 4.66. The van der Waals surface area contributed by atoms with Gasteiger partial charge >= 0.3 is 0 Å². The quantitative estimate of drug-likeness (QED) is 0.728. The van der Waals surface area contributed by atoms with Crippen LogP contribution < -0.4 is 5.32 Å². The molecule has 0 saturated heterocycles. The van der Waals surface area contributed by atoms with Gasteiger partial charge in [0.25, 0.3) is 0 Å². The third kappa shape index (κ3) is 1.44. The Labute approximate surface area is 97.6 Å². The molecule has 0 bridgehead atoms. The highest BCUT2D eigenvalue weighted by molar-refractivity contribution is 6.38. The minimum atomic E-state index is 0.680. The molecule has 0 radical (unpaired) electrons. The van der Waals surface area contributed by atoms with E-state index in [4.69, 9.17) is 23.2 Å². The number of H-pyrrole nitrogens is 1. The van der Waals surface area contributed by atoms with Gasteiger partial charge in [-0.15, -0.1) is 0 Å². The van der Waals surface area contributed by atoms with Crippen LogP contribution in [0.1, 0.15) is 11.3 Å². The fourth-order valence-electron chi connectivity index (χ4n) is 2.20. The Balaban J connectivity index is 2.37. The largest absolute Gasteiger partial charge is 0.358 e. The van der Waals surface area contributed by atoms with Crippen molar-refractivity contribution in [2.75, 3.05) is 6.54 Å². The number of hydrogen-bond donors (Lipinski definition) is 2. The fraction of sp³-hybridized carbons (Fsp3) is 0.273. The first-order valence-corrected chi connectivity index (χ1v) is 5.70. The zero-order chi connectivity index (χ0) is 10.4. The second-order valence-electron chi connectivity index (χ2n) is 3.82. The molecule has 0 fully saturated rings. The van der Waals surface area contributed by atoms with Gasteiger partial charge in [-0.3, -0.25) is 0 Å². The molecular formula is C11H10Cl2N2. The molecule has 2 nitrogen and oxygen atoms in total. The summed E-state index contributed by atoms with van der Waals surface area (Å²) in [5.41, 5.74) is 3.62. The first-order chi connectivity index (χ1) is 7.25. The van der Waals surface area contributed by atoms with Crippen molar-refractivity contribution < 1.29 is 0 Å². The molecule has 0 spiro atoms. The molecule has 0 saturated carbocycles. The van der Waals surface area contributed by atoms with Crippen LogP contribution >= 0.6 is 23.2 Å². The Hall–Kier alpha value is -0.700. The molecule has 15 heavy (non-hydrogen) atoms. The second kappa shape index (κ2) is 3.41. The number of benzene rings is 1. The topological polar surface area (TPSA) is 27.8 Å². The average Bonchev–Trinajstić information content (AvgIpc) is 2.54. The summed E-state index contributed by atoms with van der Waals surface area (Å²) in [5, 5.41) is 5.88. The molecule has 0 unspecified atom stereocenters. The number of hydrogen-bond acceptors (Lipinski definition) is 1. The maximum Gasteiger partial charge on any atom is 0.0518 e. The molecule has 4 heteroatoms. The van der Waals surface area contributed by atoms with Crippen LogP contribution in [0.5, 0.6) is 0 Å². The molecule has 0 aliphatic carbocycles. The van der Waals surface area contributed by atoms with Gasteiger partial charge in [0.1, 0.15) is 0 Å². The third-order valence-electron chi connectivity index (χ3n) is 2.86. The Kier molecular flexibility index (Phi) is 2.16. The average molecular weight is 241 g/mol. The molecule has 0 amide bonds. The first-order valence-electron chi connectivity index (χ1n) is 4.95. The van der Waals surface area contributed by atoms with Gasteiger partial charge in [0.15, 0.2) is 0 Å². The number of fused-ring (bicyclic) bond motifs is 3. The van der Waals surface area contributed by atoms with Gasteiger partial charge in [-0.2, -0.15) is 0 Å². The summed E-state index contributed by atoms with van der Waals surface area (Å²) >= 11 is 12.2. The van der Waals surface area contributed by atoms with Gasteiger partial charge in [0.05, 0.1) is 5.02 Å². The van der Waals surface area contributed by atoms with Crippen molar-refractivity contribution in [3.63, 3.8) is 0 Å². The van der Waals surface area contributed by atoms with Gasteiger partial charge in [-0.25, -0.2) is 0 Å². The van der Waals surface area contributed by atoms with Gasteiger partial charge in [0, 0.05) is 41.1 Å². The maximum absolute atomic E-state index is 6.21. The Bertz CT molecular complexity index is 531. The Morgan fingerprint density at radius 2 is 2.07 bits per heavy atom. The lowest BCUT2D eigenvalue weighted by Crippen LogP contribution is -2.22. The van der Waals surface area contributed by atoms with Crippen LogP contribution in [0.15, 0.2) is 12.1 Å². The standard InChI is InChI=1S/C11H10Cl2N2/c12-6-3-8(13)11-7-5-14-2-1-9(7)15-10(11)4-6/h3-4,14-15H,1-2,5H2. The number of nitrogens with one attached hydrogen (secondary N) is 2. The molecule has 2 aromatic rings. The molecule has 2 heterocycles. The SMILES string of the molecule is Clc1cc(Cl)c2c3c([nH]c2c1)CCNC3. The van der Waals surface area contributed by atoms with Crippen molar-refractivity contribution >= 4 is 34.1 Å². The van der Waals surface area contributed by atoms with E-state index in [1.807, 2.05) is 6.07 Å². The van der Waals surface area contributed by atoms with E-state index in [1.165, 1.54) is 11.3 Å². The fourth-order valence-corrected chi connectivity index (χ4v) is 2.81. The summed E-state index contributed by atoms with van der Waals surface area (Å²) in [6.07, 6.45) is 1.03. The van der Waals surface area contributed by atoms with Gasteiger partial charge in [0.2, 0.25) is 0 Å². The highest BCUT2D eigenvalue weighted by Gasteiger charge is 2.17. The normalized spacial score (nSPS) is 15.6. The van der Waals surface area contributed by atoms with Gasteiger partial charge < -0.3 is 10.3 Å². The first kappa shape index (κ1) is 9.52. The molecule has 1 aromatic carbocycles. The molecule has 2 N–H and O–H groups in total. The summed E-state index contributed by atoms with van der Waals surface area (Å²) in [6, 6.07) is 3.73. The van der Waals surface area contributed by atoms with Crippen LogP contribution in [0.25, 0.3) is 10.9 Å². The highest BCUT2D eigenvalue weighted by atomic mass is 35.5. The molecule has 0 atom stereocenters. The summed E-state index contributed by atoms with van der Waals surface area (Å²) < 4.78 is 0. The Morgan fingerprint density at radius 3 is 2.93 bits per heavy atom. The van der Waals surface area contributed by atoms with Gasteiger partial charge in [-0.05, 0) is 17.7 Å². The summed E-state index contributed by atoms with van der Waals surface area (Å²) in [6.45, 7) is 1.90. The maximum atomic E-state index is 6.21. The van der Waals surface area contributed by atoms with E-state index < -0.39 is 0 Å². The lowest BCUT2D eigenvalue weighted by atomic mass is 10.1. The lowest BCUT2D eigenvalue weighted by molar-refractivity contribution is 0.641. The highest BCUT2D eigenvalue weighted by Crippen LogP contribution is 2.33. The van der Waals surface area contributed by atoms with E-state index in [2.05, 4.69) is 10.3 Å². The van der Waals surface area contributed by atoms with E-state index >= 15 is 0 Å². The number of rotatable bonds is 0. The zero-order valence-corrected chi connectivity index (χ0v) is 9.54. The molecule has 1 aromatic heterocycles.